The smallest absolute Gasteiger partial charge is 0.327 e. The van der Waals surface area contributed by atoms with Gasteiger partial charge in [0.05, 0.1) is 23.5 Å². The van der Waals surface area contributed by atoms with Gasteiger partial charge in [-0.05, 0) is 13.0 Å². The molecule has 1 saturated heterocycles. The van der Waals surface area contributed by atoms with Crippen LogP contribution in [0.25, 0.3) is 0 Å². The number of nitro benzene ring substituents is 1. The molecule has 8 nitrogen and oxygen atoms in total. The largest absolute Gasteiger partial charge is 0.497 e. The first-order valence-electron chi connectivity index (χ1n) is 7.51. The molecular formula is C14H20FN3O5S. The number of benzene rings is 1. The zero-order valence-electron chi connectivity index (χ0n) is 13.3. The van der Waals surface area contributed by atoms with Crippen molar-refractivity contribution in [2.75, 3.05) is 50.1 Å². The van der Waals surface area contributed by atoms with Crippen LogP contribution in [-0.2, 0) is 9.84 Å². The first kappa shape index (κ1) is 18.4. The zero-order chi connectivity index (χ0) is 17.7. The molecule has 0 aromatic heterocycles. The van der Waals surface area contributed by atoms with Crippen LogP contribution in [0, 0.1) is 15.9 Å². The fourth-order valence-electron chi connectivity index (χ4n) is 2.51. The Hall–Kier alpha value is -1.94. The molecular weight excluding hydrogens is 341 g/mol. The molecule has 0 bridgehead atoms. The van der Waals surface area contributed by atoms with Gasteiger partial charge in [0, 0.05) is 31.8 Å². The number of halogens is 1. The Morgan fingerprint density at radius 2 is 2.04 bits per heavy atom. The average molecular weight is 361 g/mol. The van der Waals surface area contributed by atoms with Crippen LogP contribution in [0.5, 0.6) is 5.75 Å². The van der Waals surface area contributed by atoms with Crippen molar-refractivity contribution in [2.45, 2.75) is 6.42 Å². The highest BCUT2D eigenvalue weighted by Crippen LogP contribution is 2.32. The van der Waals surface area contributed by atoms with E-state index in [1.807, 2.05) is 4.90 Å². The molecule has 24 heavy (non-hydrogen) atoms. The van der Waals surface area contributed by atoms with Gasteiger partial charge in [0.25, 0.3) is 0 Å². The first-order chi connectivity index (χ1) is 11.3. The molecule has 0 saturated carbocycles. The normalized spacial score (nSPS) is 17.4. The van der Waals surface area contributed by atoms with Gasteiger partial charge in [0.1, 0.15) is 11.4 Å². The van der Waals surface area contributed by atoms with Crippen molar-refractivity contribution in [3.63, 3.8) is 0 Å². The number of nitrogens with one attached hydrogen (secondary N) is 1. The number of methoxy groups -OCH3 is 1. The first-order valence-corrected chi connectivity index (χ1v) is 9.33. The molecule has 1 aromatic carbocycles. The van der Waals surface area contributed by atoms with E-state index in [0.29, 0.717) is 32.6 Å². The number of nitrogens with zero attached hydrogens (tertiary/aromatic N) is 2. The van der Waals surface area contributed by atoms with E-state index in [2.05, 4.69) is 5.32 Å². The van der Waals surface area contributed by atoms with Gasteiger partial charge in [-0.25, -0.2) is 8.42 Å². The summed E-state index contributed by atoms with van der Waals surface area (Å²) in [6.07, 6.45) is 0.649. The zero-order valence-corrected chi connectivity index (χ0v) is 14.1. The Labute approximate surface area is 139 Å². The third kappa shape index (κ3) is 4.78. The third-order valence-electron chi connectivity index (χ3n) is 3.86. The molecule has 0 spiro atoms. The van der Waals surface area contributed by atoms with Gasteiger partial charge in [0.15, 0.2) is 9.84 Å². The molecule has 1 heterocycles. The van der Waals surface area contributed by atoms with Crippen LogP contribution in [0.2, 0.25) is 0 Å². The second-order valence-corrected chi connectivity index (χ2v) is 7.84. The van der Waals surface area contributed by atoms with Crippen molar-refractivity contribution in [1.29, 1.82) is 0 Å². The summed E-state index contributed by atoms with van der Waals surface area (Å²) in [5, 5.41) is 13.9. The lowest BCUT2D eigenvalue weighted by Gasteiger charge is -2.26. The predicted molar refractivity (Wildman–Crippen MR) is 87.8 cm³/mol. The van der Waals surface area contributed by atoms with Crippen molar-refractivity contribution >= 4 is 21.2 Å². The summed E-state index contributed by atoms with van der Waals surface area (Å²) in [5.74, 6) is -0.440. The van der Waals surface area contributed by atoms with E-state index in [1.54, 1.807) is 0 Å². The third-order valence-corrected chi connectivity index (χ3v) is 5.47. The van der Waals surface area contributed by atoms with Gasteiger partial charge in [-0.3, -0.25) is 10.1 Å². The lowest BCUT2D eigenvalue weighted by atomic mass is 10.2. The van der Waals surface area contributed by atoms with E-state index < -0.39 is 26.3 Å². The van der Waals surface area contributed by atoms with E-state index in [-0.39, 0.29) is 22.9 Å². The van der Waals surface area contributed by atoms with E-state index in [1.165, 1.54) is 13.2 Å². The van der Waals surface area contributed by atoms with Crippen LogP contribution < -0.4 is 10.1 Å². The number of sulfone groups is 1. The number of ether oxygens (including phenoxy) is 1. The number of nitro groups is 1. The molecule has 0 unspecified atom stereocenters. The van der Waals surface area contributed by atoms with Gasteiger partial charge in [-0.2, -0.15) is 4.39 Å². The number of anilines is 1. The van der Waals surface area contributed by atoms with Gasteiger partial charge in [-0.15, -0.1) is 0 Å². The molecule has 0 atom stereocenters. The summed E-state index contributed by atoms with van der Waals surface area (Å²) in [5.41, 5.74) is -0.544. The van der Waals surface area contributed by atoms with Crippen molar-refractivity contribution in [3.05, 3.63) is 28.1 Å². The topological polar surface area (TPSA) is 102 Å². The number of rotatable bonds is 7. The molecule has 1 fully saturated rings. The van der Waals surface area contributed by atoms with Crippen LogP contribution in [-0.4, -0.2) is 63.0 Å². The van der Waals surface area contributed by atoms with Crippen molar-refractivity contribution in [3.8, 4) is 5.75 Å². The van der Waals surface area contributed by atoms with Gasteiger partial charge in [-0.1, -0.05) is 0 Å². The second-order valence-electron chi connectivity index (χ2n) is 5.54. The molecule has 2 rings (SSSR count). The number of hydrogen-bond acceptors (Lipinski definition) is 7. The molecule has 0 aliphatic carbocycles. The summed E-state index contributed by atoms with van der Waals surface area (Å²) in [7, 11) is -1.55. The fourth-order valence-corrected chi connectivity index (χ4v) is 3.79. The molecule has 0 radical (unpaired) electrons. The van der Waals surface area contributed by atoms with Crippen LogP contribution in [0.4, 0.5) is 15.8 Å². The summed E-state index contributed by atoms with van der Waals surface area (Å²) < 4.78 is 41.4. The van der Waals surface area contributed by atoms with Gasteiger partial charge < -0.3 is 15.0 Å². The lowest BCUT2D eigenvalue weighted by Crippen LogP contribution is -2.41. The van der Waals surface area contributed by atoms with Crippen LogP contribution in [0.3, 0.4) is 0 Å². The minimum Gasteiger partial charge on any atom is -0.497 e. The Kier molecular flexibility index (Phi) is 5.94. The molecule has 0 amide bonds. The van der Waals surface area contributed by atoms with Crippen molar-refractivity contribution < 1.29 is 22.5 Å². The van der Waals surface area contributed by atoms with Crippen LogP contribution >= 0.6 is 0 Å². The summed E-state index contributed by atoms with van der Waals surface area (Å²) >= 11 is 0. The van der Waals surface area contributed by atoms with Crippen LogP contribution in [0.1, 0.15) is 6.42 Å². The Bertz CT molecular complexity index is 697. The van der Waals surface area contributed by atoms with E-state index in [9.17, 15) is 22.9 Å². The van der Waals surface area contributed by atoms with Gasteiger partial charge in [0.2, 0.25) is 5.82 Å². The molecule has 1 N–H and O–H groups in total. The second kappa shape index (κ2) is 7.75. The van der Waals surface area contributed by atoms with Crippen molar-refractivity contribution in [1.82, 2.24) is 4.90 Å². The maximum atomic E-state index is 13.8. The highest BCUT2D eigenvalue weighted by molar-refractivity contribution is 7.91. The van der Waals surface area contributed by atoms with E-state index >= 15 is 0 Å². The number of hydrogen-bond donors (Lipinski definition) is 1. The van der Waals surface area contributed by atoms with Gasteiger partial charge >= 0.3 is 5.69 Å². The van der Waals surface area contributed by atoms with E-state index in [0.717, 1.165) is 6.07 Å². The summed E-state index contributed by atoms with van der Waals surface area (Å²) in [6.45, 7) is 2.06. The Morgan fingerprint density at radius 3 is 2.62 bits per heavy atom. The lowest BCUT2D eigenvalue weighted by molar-refractivity contribution is -0.386. The summed E-state index contributed by atoms with van der Waals surface area (Å²) in [4.78, 5) is 12.3. The van der Waals surface area contributed by atoms with Crippen LogP contribution in [0.15, 0.2) is 12.1 Å². The maximum Gasteiger partial charge on any atom is 0.327 e. The minimum absolute atomic E-state index is 0.0677. The Balaban J connectivity index is 1.90. The Morgan fingerprint density at radius 1 is 1.38 bits per heavy atom. The maximum absolute atomic E-state index is 13.8. The predicted octanol–water partition coefficient (Wildman–Crippen LogP) is 1.27. The molecule has 134 valence electrons. The van der Waals surface area contributed by atoms with E-state index in [4.69, 9.17) is 4.74 Å². The molecule has 1 aliphatic heterocycles. The highest BCUT2D eigenvalue weighted by atomic mass is 32.2. The molecule has 1 aliphatic rings. The molecule has 1 aromatic rings. The molecule has 10 heteroatoms. The minimum atomic E-state index is -2.90. The quantitative estimate of drug-likeness (QED) is 0.443. The monoisotopic (exact) mass is 361 g/mol. The SMILES string of the molecule is COc1cc(F)c([N+](=O)[O-])c(NCCCN2CCS(=O)(=O)CC2)c1. The summed E-state index contributed by atoms with van der Waals surface area (Å²) in [6, 6.07) is 2.35. The fraction of sp³-hybridized carbons (Fsp3) is 0.571. The van der Waals surface area contributed by atoms with Crippen molar-refractivity contribution in [2.24, 2.45) is 0 Å². The standard InChI is InChI=1S/C14H20FN3O5S/c1-23-11-9-12(15)14(18(19)20)13(10-11)16-3-2-4-17-5-7-24(21,22)8-6-17/h9-10,16H,2-8H2,1H3. The average Bonchev–Trinajstić information content (AvgIpc) is 2.51. The highest BCUT2D eigenvalue weighted by Gasteiger charge is 2.23.